The normalized spacial score (nSPS) is 11.4. The predicted molar refractivity (Wildman–Crippen MR) is 120 cm³/mol. The molecule has 140 valence electrons. The van der Waals surface area contributed by atoms with Crippen molar-refractivity contribution >= 4 is 82.0 Å². The summed E-state index contributed by atoms with van der Waals surface area (Å²) in [7, 11) is 0. The second kappa shape index (κ2) is 8.20. The number of halogens is 3. The molecule has 28 heavy (non-hydrogen) atoms. The Bertz CT molecular complexity index is 1190. The van der Waals surface area contributed by atoms with Crippen LogP contribution in [0.5, 0.6) is 0 Å². The Kier molecular flexibility index (Phi) is 5.68. The van der Waals surface area contributed by atoms with Crippen LogP contribution in [0.3, 0.4) is 0 Å². The van der Waals surface area contributed by atoms with Crippen molar-refractivity contribution in [1.29, 1.82) is 0 Å². The van der Waals surface area contributed by atoms with Gasteiger partial charge in [0, 0.05) is 4.47 Å². The van der Waals surface area contributed by atoms with Crippen LogP contribution in [0.1, 0.15) is 15.2 Å². The van der Waals surface area contributed by atoms with Gasteiger partial charge in [0.25, 0.3) is 5.91 Å². The van der Waals surface area contributed by atoms with E-state index >= 15 is 0 Å². The fourth-order valence-electron chi connectivity index (χ4n) is 2.37. The van der Waals surface area contributed by atoms with Gasteiger partial charge in [0.15, 0.2) is 0 Å². The van der Waals surface area contributed by atoms with Crippen LogP contribution in [0, 0.1) is 5.82 Å². The maximum Gasteiger partial charge on any atom is 0.290 e. The lowest BCUT2D eigenvalue weighted by molar-refractivity contribution is 0.0991. The van der Waals surface area contributed by atoms with Gasteiger partial charge in [-0.3, -0.25) is 4.79 Å². The zero-order valence-corrected chi connectivity index (χ0v) is 18.8. The van der Waals surface area contributed by atoms with Crippen molar-refractivity contribution in [2.75, 3.05) is 5.01 Å². The molecule has 1 amide bonds. The summed E-state index contributed by atoms with van der Waals surface area (Å²) in [5.41, 5.74) is 1.45. The number of rotatable bonds is 4. The third-order valence-electron chi connectivity index (χ3n) is 3.69. The van der Waals surface area contributed by atoms with Gasteiger partial charge in [-0.2, -0.15) is 10.1 Å². The van der Waals surface area contributed by atoms with Gasteiger partial charge in [0.1, 0.15) is 5.82 Å². The van der Waals surface area contributed by atoms with Crippen molar-refractivity contribution in [1.82, 2.24) is 4.98 Å². The molecule has 2 aromatic carbocycles. The summed E-state index contributed by atoms with van der Waals surface area (Å²) in [6.45, 7) is 0. The molecular weight excluding hydrogens is 529 g/mol. The quantitative estimate of drug-likeness (QED) is 0.214. The van der Waals surface area contributed by atoms with Crippen LogP contribution in [-0.4, -0.2) is 17.1 Å². The van der Waals surface area contributed by atoms with Gasteiger partial charge in [-0.25, -0.2) is 9.37 Å². The molecule has 2 aromatic heterocycles. The van der Waals surface area contributed by atoms with Gasteiger partial charge in [0.2, 0.25) is 5.13 Å². The Hall–Kier alpha value is -1.94. The summed E-state index contributed by atoms with van der Waals surface area (Å²) in [6.07, 6.45) is 1.60. The number of carbonyl (C=O) groups is 1. The molecule has 0 bridgehead atoms. The molecule has 0 N–H and O–H groups in total. The minimum absolute atomic E-state index is 0.302. The maximum atomic E-state index is 13.5. The second-order valence-corrected chi connectivity index (χ2v) is 10.0. The molecule has 4 nitrogen and oxygen atoms in total. The summed E-state index contributed by atoms with van der Waals surface area (Å²) < 4.78 is 16.0. The molecule has 0 radical (unpaired) electrons. The zero-order chi connectivity index (χ0) is 19.7. The van der Waals surface area contributed by atoms with Crippen LogP contribution in [0.15, 0.2) is 68.0 Å². The molecule has 0 saturated carbocycles. The van der Waals surface area contributed by atoms with Crippen molar-refractivity contribution in [2.45, 2.75) is 0 Å². The molecule has 0 fully saturated rings. The Morgan fingerprint density at radius 2 is 1.86 bits per heavy atom. The first-order chi connectivity index (χ1) is 13.5. The average molecular weight is 539 g/mol. The van der Waals surface area contributed by atoms with E-state index in [-0.39, 0.29) is 11.7 Å². The van der Waals surface area contributed by atoms with E-state index in [1.165, 1.54) is 39.8 Å². The summed E-state index contributed by atoms with van der Waals surface area (Å²) >= 11 is 9.29. The van der Waals surface area contributed by atoms with Crippen LogP contribution in [0.4, 0.5) is 9.52 Å². The second-order valence-electron chi connectivity index (χ2n) is 5.63. The lowest BCUT2D eigenvalue weighted by Crippen LogP contribution is -2.24. The fourth-order valence-corrected chi connectivity index (χ4v) is 4.90. The third kappa shape index (κ3) is 4.22. The van der Waals surface area contributed by atoms with Crippen molar-refractivity contribution in [2.24, 2.45) is 5.10 Å². The molecule has 9 heteroatoms. The molecule has 0 aliphatic carbocycles. The fraction of sp³-hybridized carbons (Fsp3) is 0. The first kappa shape index (κ1) is 19.4. The van der Waals surface area contributed by atoms with E-state index in [0.29, 0.717) is 20.2 Å². The molecule has 4 rings (SSSR count). The highest BCUT2D eigenvalue weighted by atomic mass is 79.9. The number of benzene rings is 2. The first-order valence-electron chi connectivity index (χ1n) is 7.95. The number of thiophene rings is 1. The van der Waals surface area contributed by atoms with E-state index in [1.54, 1.807) is 18.3 Å². The number of hydrogen-bond acceptors (Lipinski definition) is 5. The van der Waals surface area contributed by atoms with E-state index in [0.717, 1.165) is 13.8 Å². The Morgan fingerprint density at radius 1 is 1.07 bits per heavy atom. The molecule has 0 spiro atoms. The highest BCUT2D eigenvalue weighted by molar-refractivity contribution is 9.11. The molecule has 2 heterocycles. The lowest BCUT2D eigenvalue weighted by atomic mass is 10.2. The van der Waals surface area contributed by atoms with Crippen molar-refractivity contribution in [3.05, 3.63) is 79.1 Å². The van der Waals surface area contributed by atoms with Crippen molar-refractivity contribution < 1.29 is 9.18 Å². The minimum atomic E-state index is -0.346. The SMILES string of the molecule is O=C(c1ccc(Br)s1)N(/N=C/c1ccc(Br)cc1)c1nc2ccc(F)cc2s1. The zero-order valence-electron chi connectivity index (χ0n) is 14.0. The molecular formula is C19H10Br2FN3OS2. The van der Waals surface area contributed by atoms with Crippen LogP contribution in [0.2, 0.25) is 0 Å². The standard InChI is InChI=1S/C19H10Br2FN3OS2/c20-12-3-1-11(2-4-12)10-23-25(18(26)15-7-8-17(21)27-15)19-24-14-6-5-13(22)9-16(14)28-19/h1-10H/b23-10+. The number of hydrazone groups is 1. The van der Waals surface area contributed by atoms with E-state index in [4.69, 9.17) is 0 Å². The Labute approximate surface area is 184 Å². The van der Waals surface area contributed by atoms with Gasteiger partial charge in [0.05, 0.1) is 25.1 Å². The monoisotopic (exact) mass is 537 g/mol. The number of carbonyl (C=O) groups excluding carboxylic acids is 1. The van der Waals surface area contributed by atoms with Gasteiger partial charge < -0.3 is 0 Å². The summed E-state index contributed by atoms with van der Waals surface area (Å²) in [6, 6.07) is 15.4. The number of thiazole rings is 1. The first-order valence-corrected chi connectivity index (χ1v) is 11.2. The lowest BCUT2D eigenvalue weighted by Gasteiger charge is -2.12. The molecule has 0 unspecified atom stereocenters. The number of anilines is 1. The predicted octanol–water partition coefficient (Wildman–Crippen LogP) is 6.70. The molecule has 0 aliphatic heterocycles. The molecule has 0 saturated heterocycles. The van der Waals surface area contributed by atoms with E-state index < -0.39 is 0 Å². The van der Waals surface area contributed by atoms with E-state index in [1.807, 2.05) is 30.3 Å². The van der Waals surface area contributed by atoms with Gasteiger partial charge in [-0.05, 0) is 64.0 Å². The number of hydrogen-bond donors (Lipinski definition) is 0. The van der Waals surface area contributed by atoms with E-state index in [9.17, 15) is 9.18 Å². The van der Waals surface area contributed by atoms with Crippen molar-refractivity contribution in [3.8, 4) is 0 Å². The Morgan fingerprint density at radius 3 is 2.57 bits per heavy atom. The molecule has 0 atom stereocenters. The van der Waals surface area contributed by atoms with Crippen LogP contribution < -0.4 is 5.01 Å². The number of nitrogens with zero attached hydrogens (tertiary/aromatic N) is 3. The van der Waals surface area contributed by atoms with Gasteiger partial charge in [-0.1, -0.05) is 39.4 Å². The number of aromatic nitrogens is 1. The molecule has 4 aromatic rings. The van der Waals surface area contributed by atoms with Gasteiger partial charge >= 0.3 is 0 Å². The number of fused-ring (bicyclic) bond motifs is 1. The largest absolute Gasteiger partial charge is 0.290 e. The van der Waals surface area contributed by atoms with Crippen LogP contribution >= 0.6 is 54.5 Å². The average Bonchev–Trinajstić information content (AvgIpc) is 3.29. The minimum Gasteiger partial charge on any atom is -0.266 e. The highest BCUT2D eigenvalue weighted by Crippen LogP contribution is 2.32. The summed E-state index contributed by atoms with van der Waals surface area (Å²) in [5.74, 6) is -0.648. The number of amides is 1. The third-order valence-corrected chi connectivity index (χ3v) is 6.82. The molecule has 0 aliphatic rings. The highest BCUT2D eigenvalue weighted by Gasteiger charge is 2.22. The summed E-state index contributed by atoms with van der Waals surface area (Å²) in [4.78, 5) is 18.0. The Balaban J connectivity index is 1.75. The van der Waals surface area contributed by atoms with Crippen LogP contribution in [-0.2, 0) is 0 Å². The smallest absolute Gasteiger partial charge is 0.266 e. The maximum absolute atomic E-state index is 13.5. The van der Waals surface area contributed by atoms with Crippen LogP contribution in [0.25, 0.3) is 10.2 Å². The van der Waals surface area contributed by atoms with Gasteiger partial charge in [-0.15, -0.1) is 11.3 Å². The topological polar surface area (TPSA) is 45.6 Å². The van der Waals surface area contributed by atoms with Crippen molar-refractivity contribution in [3.63, 3.8) is 0 Å². The summed E-state index contributed by atoms with van der Waals surface area (Å²) in [5, 5.41) is 6.02. The van der Waals surface area contributed by atoms with E-state index in [2.05, 4.69) is 41.9 Å².